The van der Waals surface area contributed by atoms with Crippen LogP contribution in [0.15, 0.2) is 72.3 Å². The zero-order valence-electron chi connectivity index (χ0n) is 22.9. The number of aldehydes is 1. The monoisotopic (exact) mass is 498 g/mol. The van der Waals surface area contributed by atoms with Gasteiger partial charge in [0.15, 0.2) is 0 Å². The maximum absolute atomic E-state index is 12.5. The molecule has 0 aromatic heterocycles. The predicted octanol–water partition coefficient (Wildman–Crippen LogP) is 8.85. The van der Waals surface area contributed by atoms with E-state index < -0.39 is 5.92 Å². The Balaban J connectivity index is 0.000000682. The van der Waals surface area contributed by atoms with E-state index in [0.29, 0.717) is 10.8 Å². The number of hydrogen-bond acceptors (Lipinski definition) is 2. The lowest BCUT2D eigenvalue weighted by Crippen LogP contribution is -2.59. The molecule has 36 heavy (non-hydrogen) atoms. The first kappa shape index (κ1) is 31.2. The predicted molar refractivity (Wildman–Crippen MR) is 148 cm³/mol. The molecule has 0 heterocycles. The van der Waals surface area contributed by atoms with Crippen LogP contribution in [0.3, 0.4) is 0 Å². The molecule has 1 fully saturated rings. The molecule has 0 spiro atoms. The van der Waals surface area contributed by atoms with Crippen LogP contribution in [0.5, 0.6) is 0 Å². The largest absolute Gasteiger partial charge is 0.307 e. The van der Waals surface area contributed by atoms with E-state index in [9.17, 15) is 8.78 Å². The molecular weight excluding hydrogens is 454 g/mol. The molecule has 2 nitrogen and oxygen atoms in total. The summed E-state index contributed by atoms with van der Waals surface area (Å²) in [5.74, 6) is -1.88. The third kappa shape index (κ3) is 6.66. The average molecular weight is 499 g/mol. The molecule has 3 atom stereocenters. The molecular formula is C32H44F2O2. The van der Waals surface area contributed by atoms with Gasteiger partial charge in [0.2, 0.25) is 0 Å². The highest BCUT2D eigenvalue weighted by Crippen LogP contribution is 2.71. The van der Waals surface area contributed by atoms with Gasteiger partial charge in [0.1, 0.15) is 13.1 Å². The number of alkyl halides is 2. The summed E-state index contributed by atoms with van der Waals surface area (Å²) in [6, 6.07) is 14.7. The highest BCUT2D eigenvalue weighted by atomic mass is 19.3. The van der Waals surface area contributed by atoms with Crippen molar-refractivity contribution in [1.82, 2.24) is 0 Å². The molecule has 3 unspecified atom stereocenters. The summed E-state index contributed by atoms with van der Waals surface area (Å²) in [6.07, 6.45) is 11.7. The van der Waals surface area contributed by atoms with Gasteiger partial charge in [-0.1, -0.05) is 86.2 Å². The third-order valence-corrected chi connectivity index (χ3v) is 7.86. The van der Waals surface area contributed by atoms with E-state index in [2.05, 4.69) is 71.0 Å². The Bertz CT molecular complexity index is 1040. The van der Waals surface area contributed by atoms with Gasteiger partial charge in [-0.3, -0.25) is 0 Å². The number of hydrogen-bond donors (Lipinski definition) is 0. The van der Waals surface area contributed by atoms with Crippen molar-refractivity contribution >= 4 is 13.1 Å². The van der Waals surface area contributed by atoms with Crippen LogP contribution in [0.2, 0.25) is 0 Å². The van der Waals surface area contributed by atoms with Crippen molar-refractivity contribution in [2.45, 2.75) is 73.7 Å². The molecule has 1 saturated carbocycles. The molecule has 0 N–H and O–H groups in total. The smallest absolute Gasteiger partial charge is 0.270 e. The maximum atomic E-state index is 12.5. The van der Waals surface area contributed by atoms with Crippen LogP contribution in [0.4, 0.5) is 8.78 Å². The Morgan fingerprint density at radius 2 is 1.69 bits per heavy atom. The fraction of sp³-hybridized carbons (Fsp3) is 0.438. The van der Waals surface area contributed by atoms with Gasteiger partial charge in [0.05, 0.1) is 0 Å². The second-order valence-electron chi connectivity index (χ2n) is 9.79. The highest BCUT2D eigenvalue weighted by Gasteiger charge is 2.63. The van der Waals surface area contributed by atoms with Crippen molar-refractivity contribution in [2.24, 2.45) is 16.7 Å². The number of rotatable bonds is 5. The lowest BCUT2D eigenvalue weighted by Gasteiger charge is -2.67. The first-order valence-corrected chi connectivity index (χ1v) is 12.5. The fourth-order valence-electron chi connectivity index (χ4n) is 5.42. The molecule has 0 bridgehead atoms. The Morgan fingerprint density at radius 3 is 2.03 bits per heavy atom. The van der Waals surface area contributed by atoms with Crippen LogP contribution in [-0.4, -0.2) is 13.1 Å². The number of fused-ring (bicyclic) bond motifs is 1. The maximum Gasteiger partial charge on any atom is 0.270 e. The summed E-state index contributed by atoms with van der Waals surface area (Å²) in [6.45, 7) is 15.8. The third-order valence-electron chi connectivity index (χ3n) is 7.86. The quantitative estimate of drug-likeness (QED) is 0.305. The normalized spacial score (nSPS) is 23.6. The first-order chi connectivity index (χ1) is 17.0. The molecule has 2 aliphatic rings. The molecule has 0 amide bonds. The summed E-state index contributed by atoms with van der Waals surface area (Å²) in [5, 5.41) is 0. The minimum Gasteiger partial charge on any atom is -0.307 e. The lowest BCUT2D eigenvalue weighted by molar-refractivity contribution is -0.106. The van der Waals surface area contributed by atoms with Crippen molar-refractivity contribution in [3.05, 3.63) is 94.6 Å². The van der Waals surface area contributed by atoms with E-state index in [1.165, 1.54) is 48.6 Å². The number of carbonyl (C=O) groups excluding carboxylic acids is 2. The van der Waals surface area contributed by atoms with Gasteiger partial charge in [-0.2, -0.15) is 0 Å². The first-order valence-electron chi connectivity index (χ1n) is 12.5. The van der Waals surface area contributed by atoms with E-state index in [1.807, 2.05) is 6.79 Å². The lowest BCUT2D eigenvalue weighted by atomic mass is 9.36. The summed E-state index contributed by atoms with van der Waals surface area (Å²) in [4.78, 5) is 16.8. The van der Waals surface area contributed by atoms with Crippen molar-refractivity contribution in [3.8, 4) is 0 Å². The minimum atomic E-state index is -2.71. The SMILES string of the molecule is C/C=C(\Cc1ccc(C)c(C)c1)C1(CC)CC2C=CC21C.C=O.CC(F)(F)c1ccccc1.CC=O.[HH]. The van der Waals surface area contributed by atoms with Crippen LogP contribution < -0.4 is 0 Å². The van der Waals surface area contributed by atoms with E-state index in [4.69, 9.17) is 9.59 Å². The van der Waals surface area contributed by atoms with E-state index in [0.717, 1.165) is 25.5 Å². The molecule has 0 aliphatic heterocycles. The van der Waals surface area contributed by atoms with Gasteiger partial charge in [-0.05, 0) is 69.6 Å². The molecule has 4 heteroatoms. The number of halogens is 2. The topological polar surface area (TPSA) is 34.1 Å². The molecule has 198 valence electrons. The average Bonchev–Trinajstić information content (AvgIpc) is 2.87. The van der Waals surface area contributed by atoms with Crippen molar-refractivity contribution in [1.29, 1.82) is 0 Å². The van der Waals surface area contributed by atoms with Crippen LogP contribution in [0.25, 0.3) is 0 Å². The van der Waals surface area contributed by atoms with Gasteiger partial charge in [0, 0.05) is 24.7 Å². The molecule has 2 aromatic rings. The molecule has 4 rings (SSSR count). The van der Waals surface area contributed by atoms with Gasteiger partial charge >= 0.3 is 0 Å². The van der Waals surface area contributed by atoms with Gasteiger partial charge in [-0.25, -0.2) is 8.78 Å². The summed E-state index contributed by atoms with van der Waals surface area (Å²) in [7, 11) is 0. The number of carbonyl (C=O) groups is 2. The van der Waals surface area contributed by atoms with Gasteiger partial charge in [-0.15, -0.1) is 0 Å². The second-order valence-corrected chi connectivity index (χ2v) is 9.79. The Labute approximate surface area is 218 Å². The molecule has 2 aromatic carbocycles. The Morgan fingerprint density at radius 1 is 1.11 bits per heavy atom. The Hall–Kier alpha value is -2.88. The van der Waals surface area contributed by atoms with E-state index in [1.54, 1.807) is 23.8 Å². The summed E-state index contributed by atoms with van der Waals surface area (Å²) >= 11 is 0. The van der Waals surface area contributed by atoms with E-state index in [-0.39, 0.29) is 6.99 Å². The van der Waals surface area contributed by atoms with Crippen LogP contribution in [-0.2, 0) is 21.9 Å². The zero-order chi connectivity index (χ0) is 27.6. The summed E-state index contributed by atoms with van der Waals surface area (Å²) in [5.41, 5.74) is 6.81. The number of allylic oxidation sites excluding steroid dienone is 4. The number of aryl methyl sites for hydroxylation is 2. The van der Waals surface area contributed by atoms with Gasteiger partial charge < -0.3 is 9.59 Å². The fourth-order valence-corrected chi connectivity index (χ4v) is 5.42. The Kier molecular flexibility index (Phi) is 11.6. The standard InChI is InChI=1S/C21H28.C8H8F2.C2H4O.CH2O.H2/c1-6-18(13-17-9-8-15(3)16(4)12-17)21(7-2)14-19-10-11-20(19,21)5;1-8(9,10)7-5-3-2-4-6-7;1-2-3;1-2;/h6,8-12,19H,7,13-14H2,1-5H3;2-6H,1H3;2H,1H3;1H2;1H/b18-6+;;;;. The van der Waals surface area contributed by atoms with Crippen LogP contribution in [0, 0.1) is 30.6 Å². The molecule has 0 radical (unpaired) electrons. The van der Waals surface area contributed by atoms with E-state index >= 15 is 0 Å². The highest BCUT2D eigenvalue weighted by molar-refractivity contribution is 5.44. The van der Waals surface area contributed by atoms with Crippen molar-refractivity contribution < 1.29 is 19.8 Å². The second kappa shape index (κ2) is 13.4. The number of benzene rings is 2. The van der Waals surface area contributed by atoms with Crippen molar-refractivity contribution in [2.75, 3.05) is 0 Å². The molecule has 2 aliphatic carbocycles. The van der Waals surface area contributed by atoms with Crippen LogP contribution in [0.1, 0.15) is 71.1 Å². The van der Waals surface area contributed by atoms with Gasteiger partial charge in [0.25, 0.3) is 5.92 Å². The zero-order valence-corrected chi connectivity index (χ0v) is 22.9. The minimum absolute atomic E-state index is 0. The van der Waals surface area contributed by atoms with Crippen molar-refractivity contribution in [3.63, 3.8) is 0 Å². The van der Waals surface area contributed by atoms with Crippen LogP contribution >= 0.6 is 0 Å². The molecule has 0 saturated heterocycles. The summed E-state index contributed by atoms with van der Waals surface area (Å²) < 4.78 is 24.9.